The van der Waals surface area contributed by atoms with Gasteiger partial charge >= 0.3 is 5.97 Å². The quantitative estimate of drug-likeness (QED) is 0.575. The number of nitrogens with zero attached hydrogens (tertiary/aromatic N) is 1. The highest BCUT2D eigenvalue weighted by Crippen LogP contribution is 2.11. The predicted molar refractivity (Wildman–Crippen MR) is 55.8 cm³/mol. The van der Waals surface area contributed by atoms with E-state index in [0.29, 0.717) is 10.5 Å². The fourth-order valence-electron chi connectivity index (χ4n) is 0.959. The first-order chi connectivity index (χ1) is 6.31. The zero-order valence-electron chi connectivity index (χ0n) is 8.75. The molecule has 0 fully saturated rings. The van der Waals surface area contributed by atoms with Crippen LogP contribution < -0.4 is 0 Å². The smallest absolute Gasteiger partial charge is 0.357 e. The number of ether oxygens (including phenoxy) is 1. The van der Waals surface area contributed by atoms with Gasteiger partial charge in [-0.15, -0.1) is 0 Å². The van der Waals surface area contributed by atoms with Gasteiger partial charge in [-0.3, -0.25) is 0 Å². The minimum atomic E-state index is -0.483. The van der Waals surface area contributed by atoms with Crippen molar-refractivity contribution in [1.29, 1.82) is 0 Å². The summed E-state index contributed by atoms with van der Waals surface area (Å²) in [5.41, 5.74) is -0.0480. The van der Waals surface area contributed by atoms with Crippen LogP contribution in [0.2, 0.25) is 0 Å². The summed E-state index contributed by atoms with van der Waals surface area (Å²) in [6.07, 6.45) is 1.55. The molecule has 0 aliphatic carbocycles. The number of rotatable bonds is 1. The number of aromatic nitrogens is 2. The first kappa shape index (κ1) is 11.0. The number of carbonyl (C=O) groups excluding carboxylic acids is 1. The second kappa shape index (κ2) is 3.57. The lowest BCUT2D eigenvalue weighted by atomic mass is 10.2. The van der Waals surface area contributed by atoms with E-state index in [1.54, 1.807) is 17.8 Å². The molecule has 0 aliphatic rings. The average molecular weight is 214 g/mol. The zero-order valence-corrected chi connectivity index (χ0v) is 9.57. The average Bonchev–Trinajstić information content (AvgIpc) is 2.29. The molecule has 78 valence electrons. The van der Waals surface area contributed by atoms with Gasteiger partial charge in [-0.05, 0) is 33.0 Å². The maximum Gasteiger partial charge on any atom is 0.357 e. The molecule has 0 unspecified atom stereocenters. The van der Waals surface area contributed by atoms with Crippen molar-refractivity contribution in [2.45, 2.75) is 26.4 Å². The molecule has 1 heterocycles. The van der Waals surface area contributed by atoms with Crippen LogP contribution in [0.4, 0.5) is 0 Å². The molecule has 5 heteroatoms. The van der Waals surface area contributed by atoms with E-state index in [1.165, 1.54) is 0 Å². The molecule has 0 spiro atoms. The molecule has 0 aromatic carbocycles. The molecule has 0 aliphatic heterocycles. The maximum absolute atomic E-state index is 11.6. The highest BCUT2D eigenvalue weighted by Gasteiger charge is 2.19. The fourth-order valence-corrected chi connectivity index (χ4v) is 1.12. The lowest BCUT2D eigenvalue weighted by molar-refractivity contribution is 0.00588. The van der Waals surface area contributed by atoms with E-state index in [4.69, 9.17) is 17.0 Å². The van der Waals surface area contributed by atoms with E-state index < -0.39 is 5.60 Å². The van der Waals surface area contributed by atoms with Crippen molar-refractivity contribution in [3.8, 4) is 0 Å². The van der Waals surface area contributed by atoms with Crippen LogP contribution in [0.3, 0.4) is 0 Å². The van der Waals surface area contributed by atoms with Crippen LogP contribution in [0.1, 0.15) is 31.3 Å². The van der Waals surface area contributed by atoms with Gasteiger partial charge in [-0.2, -0.15) is 0 Å². The van der Waals surface area contributed by atoms with Crippen LogP contribution in [0.5, 0.6) is 0 Å². The Balaban J connectivity index is 2.91. The van der Waals surface area contributed by atoms with Crippen molar-refractivity contribution in [2.24, 2.45) is 7.05 Å². The van der Waals surface area contributed by atoms with E-state index in [-0.39, 0.29) is 5.97 Å². The van der Waals surface area contributed by atoms with Crippen molar-refractivity contribution in [3.63, 3.8) is 0 Å². The van der Waals surface area contributed by atoms with Gasteiger partial charge in [0.15, 0.2) is 4.77 Å². The molecule has 1 rings (SSSR count). The number of hydrogen-bond acceptors (Lipinski definition) is 3. The summed E-state index contributed by atoms with van der Waals surface area (Å²) in [6.45, 7) is 5.48. The molecule has 0 saturated heterocycles. The summed E-state index contributed by atoms with van der Waals surface area (Å²) in [5, 5.41) is 0. The maximum atomic E-state index is 11.6. The summed E-state index contributed by atoms with van der Waals surface area (Å²) >= 11 is 4.93. The molecule has 0 radical (unpaired) electrons. The molecule has 0 bridgehead atoms. The van der Waals surface area contributed by atoms with E-state index in [9.17, 15) is 4.79 Å². The van der Waals surface area contributed by atoms with E-state index in [2.05, 4.69) is 4.98 Å². The van der Waals surface area contributed by atoms with Gasteiger partial charge in [-0.1, -0.05) is 0 Å². The van der Waals surface area contributed by atoms with Crippen LogP contribution in [0, 0.1) is 4.77 Å². The summed E-state index contributed by atoms with van der Waals surface area (Å²) in [6, 6.07) is 0. The van der Waals surface area contributed by atoms with Crippen molar-refractivity contribution in [3.05, 3.63) is 16.7 Å². The van der Waals surface area contributed by atoms with E-state index in [1.807, 2.05) is 20.8 Å². The normalized spacial score (nSPS) is 11.4. The first-order valence-electron chi connectivity index (χ1n) is 4.29. The molecule has 1 N–H and O–H groups in total. The molecular formula is C9H14N2O2S. The summed E-state index contributed by atoms with van der Waals surface area (Å²) in [7, 11) is 1.72. The molecule has 4 nitrogen and oxygen atoms in total. The van der Waals surface area contributed by atoms with E-state index >= 15 is 0 Å². The highest BCUT2D eigenvalue weighted by atomic mass is 32.1. The number of H-pyrrole nitrogens is 1. The molecule has 14 heavy (non-hydrogen) atoms. The van der Waals surface area contributed by atoms with Crippen molar-refractivity contribution < 1.29 is 9.53 Å². The Hall–Kier alpha value is -1.10. The third-order valence-corrected chi connectivity index (χ3v) is 2.00. The molecule has 0 saturated carbocycles. The minimum Gasteiger partial charge on any atom is -0.455 e. The Morgan fingerprint density at radius 1 is 1.57 bits per heavy atom. The van der Waals surface area contributed by atoms with Gasteiger partial charge in [0.25, 0.3) is 0 Å². The van der Waals surface area contributed by atoms with Crippen LogP contribution in [0.15, 0.2) is 6.20 Å². The molecular weight excluding hydrogens is 200 g/mol. The lowest BCUT2D eigenvalue weighted by Gasteiger charge is -2.19. The van der Waals surface area contributed by atoms with Crippen molar-refractivity contribution in [2.75, 3.05) is 0 Å². The first-order valence-corrected chi connectivity index (χ1v) is 4.70. The molecule has 0 amide bonds. The number of aromatic amines is 1. The van der Waals surface area contributed by atoms with Crippen molar-refractivity contribution >= 4 is 18.2 Å². The van der Waals surface area contributed by atoms with Crippen LogP contribution >= 0.6 is 12.2 Å². The Morgan fingerprint density at radius 3 is 2.50 bits per heavy atom. The van der Waals surface area contributed by atoms with Crippen LogP contribution in [-0.2, 0) is 11.8 Å². The number of imidazole rings is 1. The topological polar surface area (TPSA) is 47.0 Å². The van der Waals surface area contributed by atoms with Crippen molar-refractivity contribution in [1.82, 2.24) is 9.55 Å². The SMILES string of the molecule is Cn1c(C(=O)OC(C)(C)C)c[nH]c1=S. The van der Waals surface area contributed by atoms with Gasteiger partial charge < -0.3 is 14.3 Å². The molecule has 0 atom stereocenters. The van der Waals surface area contributed by atoms with Crippen LogP contribution in [0.25, 0.3) is 0 Å². The largest absolute Gasteiger partial charge is 0.455 e. The number of hydrogen-bond donors (Lipinski definition) is 1. The number of nitrogens with one attached hydrogen (secondary N) is 1. The summed E-state index contributed by atoms with van der Waals surface area (Å²) in [5.74, 6) is -0.368. The minimum absolute atomic E-state index is 0.368. The predicted octanol–water partition coefficient (Wildman–Crippen LogP) is 2.04. The Kier molecular flexibility index (Phi) is 2.80. The van der Waals surface area contributed by atoms with Gasteiger partial charge in [0, 0.05) is 13.2 Å². The number of carbonyl (C=O) groups is 1. The second-order valence-electron chi connectivity index (χ2n) is 4.04. The van der Waals surface area contributed by atoms with E-state index in [0.717, 1.165) is 0 Å². The second-order valence-corrected chi connectivity index (χ2v) is 4.43. The Bertz CT molecular complexity index is 398. The highest BCUT2D eigenvalue weighted by molar-refractivity contribution is 7.71. The number of esters is 1. The standard InChI is InChI=1S/C9H14N2O2S/c1-9(2,3)13-7(12)6-5-10-8(14)11(6)4/h5H,1-4H3,(H,10,14). The molecule has 1 aromatic heterocycles. The zero-order chi connectivity index (χ0) is 10.9. The lowest BCUT2D eigenvalue weighted by Crippen LogP contribution is -2.25. The van der Waals surface area contributed by atoms with Crippen LogP contribution in [-0.4, -0.2) is 21.1 Å². The summed E-state index contributed by atoms with van der Waals surface area (Å²) < 4.78 is 7.28. The third kappa shape index (κ3) is 2.45. The monoisotopic (exact) mass is 214 g/mol. The van der Waals surface area contributed by atoms with Gasteiger partial charge in [0.05, 0.1) is 0 Å². The summed E-state index contributed by atoms with van der Waals surface area (Å²) in [4.78, 5) is 14.4. The van der Waals surface area contributed by atoms with Gasteiger partial charge in [0.2, 0.25) is 0 Å². The molecule has 1 aromatic rings. The third-order valence-electron chi connectivity index (χ3n) is 1.61. The Morgan fingerprint density at radius 2 is 2.14 bits per heavy atom. The van der Waals surface area contributed by atoms with Gasteiger partial charge in [0.1, 0.15) is 11.3 Å². The van der Waals surface area contributed by atoms with Gasteiger partial charge in [-0.25, -0.2) is 4.79 Å². The Labute approximate surface area is 87.9 Å². The fraction of sp³-hybridized carbons (Fsp3) is 0.556.